The Morgan fingerprint density at radius 2 is 1.60 bits per heavy atom. The summed E-state index contributed by atoms with van der Waals surface area (Å²) in [7, 11) is 0. The van der Waals surface area contributed by atoms with Crippen LogP contribution in [0.5, 0.6) is 0 Å². The lowest BCUT2D eigenvalue weighted by atomic mass is 9.73. The van der Waals surface area contributed by atoms with Gasteiger partial charge in [-0.1, -0.05) is 53.5 Å². The van der Waals surface area contributed by atoms with Crippen LogP contribution in [0.15, 0.2) is 48.5 Å². The van der Waals surface area contributed by atoms with Crippen LogP contribution in [0.2, 0.25) is 10.0 Å². The van der Waals surface area contributed by atoms with Crippen molar-refractivity contribution in [2.75, 3.05) is 4.90 Å². The van der Waals surface area contributed by atoms with Crippen LogP contribution in [0.1, 0.15) is 30.7 Å². The Balaban J connectivity index is 1.64. The molecule has 3 unspecified atom stereocenters. The van der Waals surface area contributed by atoms with E-state index in [-0.39, 0.29) is 23.7 Å². The van der Waals surface area contributed by atoms with E-state index in [1.807, 2.05) is 18.2 Å². The summed E-state index contributed by atoms with van der Waals surface area (Å²) in [4.78, 5) is 27.1. The van der Waals surface area contributed by atoms with Crippen molar-refractivity contribution in [1.29, 1.82) is 0 Å². The number of hydrogen-bond acceptors (Lipinski definition) is 2. The number of anilines is 1. The van der Waals surface area contributed by atoms with Crippen molar-refractivity contribution < 1.29 is 9.59 Å². The number of amides is 2. The molecule has 5 heteroatoms. The van der Waals surface area contributed by atoms with Crippen molar-refractivity contribution in [3.05, 3.63) is 64.1 Å². The van der Waals surface area contributed by atoms with Crippen molar-refractivity contribution in [1.82, 2.24) is 0 Å². The molecule has 2 amide bonds. The zero-order valence-electron chi connectivity index (χ0n) is 13.5. The molecule has 1 aliphatic heterocycles. The van der Waals surface area contributed by atoms with Gasteiger partial charge >= 0.3 is 0 Å². The molecule has 3 nitrogen and oxygen atoms in total. The van der Waals surface area contributed by atoms with Gasteiger partial charge in [-0.25, -0.2) is 4.90 Å². The molecule has 2 aromatic carbocycles. The summed E-state index contributed by atoms with van der Waals surface area (Å²) in [6.07, 6.45) is 2.35. The zero-order chi connectivity index (χ0) is 17.6. The minimum atomic E-state index is -0.276. The summed E-state index contributed by atoms with van der Waals surface area (Å²) in [6.45, 7) is 0. The predicted octanol–water partition coefficient (Wildman–Crippen LogP) is 5.07. The summed E-state index contributed by atoms with van der Waals surface area (Å²) >= 11 is 12.3. The smallest absolute Gasteiger partial charge is 0.237 e. The van der Waals surface area contributed by atoms with Crippen molar-refractivity contribution >= 4 is 40.7 Å². The molecule has 4 rings (SSSR count). The molecule has 1 saturated carbocycles. The number of carbonyl (C=O) groups is 2. The van der Waals surface area contributed by atoms with Gasteiger partial charge in [-0.05, 0) is 48.9 Å². The van der Waals surface area contributed by atoms with Gasteiger partial charge in [0.2, 0.25) is 11.8 Å². The molecule has 0 spiro atoms. The Morgan fingerprint density at radius 1 is 0.880 bits per heavy atom. The Labute approximate surface area is 156 Å². The van der Waals surface area contributed by atoms with Gasteiger partial charge in [-0.3, -0.25) is 9.59 Å². The maximum atomic E-state index is 13.0. The third kappa shape index (κ3) is 2.86. The van der Waals surface area contributed by atoms with Gasteiger partial charge < -0.3 is 0 Å². The molecular weight excluding hydrogens is 357 g/mol. The minimum absolute atomic E-state index is 0.148. The second-order valence-electron chi connectivity index (χ2n) is 6.74. The lowest BCUT2D eigenvalue weighted by molar-refractivity contribution is -0.122. The second kappa shape index (κ2) is 6.47. The Hall–Kier alpha value is -1.84. The van der Waals surface area contributed by atoms with E-state index in [0.717, 1.165) is 12.8 Å². The van der Waals surface area contributed by atoms with Crippen LogP contribution < -0.4 is 4.90 Å². The molecular formula is C20H17Cl2NO2. The first kappa shape index (κ1) is 16.6. The van der Waals surface area contributed by atoms with E-state index < -0.39 is 0 Å². The summed E-state index contributed by atoms with van der Waals surface area (Å²) in [5.41, 5.74) is 1.63. The van der Waals surface area contributed by atoms with Crippen molar-refractivity contribution in [2.24, 2.45) is 11.8 Å². The average Bonchev–Trinajstić information content (AvgIpc) is 2.88. The highest BCUT2D eigenvalue weighted by atomic mass is 35.5. The SMILES string of the molecule is O=C1C2CCC(c3ccccc3)CC2C(=O)N1c1cc(Cl)ccc1Cl. The van der Waals surface area contributed by atoms with E-state index in [1.54, 1.807) is 18.2 Å². The molecule has 128 valence electrons. The maximum Gasteiger partial charge on any atom is 0.237 e. The van der Waals surface area contributed by atoms with E-state index in [1.165, 1.54) is 10.5 Å². The molecule has 2 fully saturated rings. The van der Waals surface area contributed by atoms with Gasteiger partial charge in [-0.2, -0.15) is 0 Å². The number of nitrogens with zero attached hydrogens (tertiary/aromatic N) is 1. The molecule has 3 atom stereocenters. The normalized spacial score (nSPS) is 26.0. The Kier molecular flexibility index (Phi) is 4.30. The van der Waals surface area contributed by atoms with Crippen LogP contribution in [-0.2, 0) is 9.59 Å². The van der Waals surface area contributed by atoms with Crippen molar-refractivity contribution in [3.8, 4) is 0 Å². The molecule has 1 saturated heterocycles. The summed E-state index contributed by atoms with van der Waals surface area (Å²) in [5, 5.41) is 0.821. The van der Waals surface area contributed by atoms with E-state index in [2.05, 4.69) is 12.1 Å². The highest BCUT2D eigenvalue weighted by molar-refractivity contribution is 6.37. The summed E-state index contributed by atoms with van der Waals surface area (Å²) in [5.74, 6) is -0.511. The Morgan fingerprint density at radius 3 is 2.36 bits per heavy atom. The molecule has 0 N–H and O–H groups in total. The fourth-order valence-corrected chi connectivity index (χ4v) is 4.47. The molecule has 25 heavy (non-hydrogen) atoms. The number of hydrogen-bond donors (Lipinski definition) is 0. The fourth-order valence-electron chi connectivity index (χ4n) is 4.10. The molecule has 2 aromatic rings. The van der Waals surface area contributed by atoms with Gasteiger partial charge in [0.25, 0.3) is 0 Å². The third-order valence-corrected chi connectivity index (χ3v) is 5.90. The first-order valence-corrected chi connectivity index (χ1v) is 9.19. The number of imide groups is 1. The molecule has 1 heterocycles. The first-order chi connectivity index (χ1) is 12.1. The topological polar surface area (TPSA) is 37.4 Å². The van der Waals surface area contributed by atoms with E-state index in [9.17, 15) is 9.59 Å². The standard InChI is InChI=1S/C20H17Cl2NO2/c21-14-7-9-17(22)18(11-14)23-19(24)15-8-6-13(10-16(15)20(23)25)12-4-2-1-3-5-12/h1-5,7,9,11,13,15-16H,6,8,10H2. The second-order valence-corrected chi connectivity index (χ2v) is 7.58. The van der Waals surface area contributed by atoms with Crippen LogP contribution in [0.25, 0.3) is 0 Å². The molecule has 2 aliphatic rings. The molecule has 0 bridgehead atoms. The first-order valence-electron chi connectivity index (χ1n) is 8.44. The molecule has 0 radical (unpaired) electrons. The number of carbonyl (C=O) groups excluding carboxylic acids is 2. The largest absolute Gasteiger partial charge is 0.274 e. The Bertz CT molecular complexity index is 837. The van der Waals surface area contributed by atoms with E-state index in [0.29, 0.717) is 28.1 Å². The van der Waals surface area contributed by atoms with Gasteiger partial charge in [0.1, 0.15) is 0 Å². The predicted molar refractivity (Wildman–Crippen MR) is 99.0 cm³/mol. The average molecular weight is 374 g/mol. The lowest BCUT2D eigenvalue weighted by Gasteiger charge is -2.28. The molecule has 0 aromatic heterocycles. The number of halogens is 2. The lowest BCUT2D eigenvalue weighted by Crippen LogP contribution is -2.31. The van der Waals surface area contributed by atoms with Crippen LogP contribution in [-0.4, -0.2) is 11.8 Å². The van der Waals surface area contributed by atoms with Crippen LogP contribution in [0.3, 0.4) is 0 Å². The van der Waals surface area contributed by atoms with Crippen molar-refractivity contribution in [2.45, 2.75) is 25.2 Å². The quantitative estimate of drug-likeness (QED) is 0.689. The van der Waals surface area contributed by atoms with E-state index in [4.69, 9.17) is 23.2 Å². The maximum absolute atomic E-state index is 13.0. The highest BCUT2D eigenvalue weighted by Gasteiger charge is 2.51. The number of rotatable bonds is 2. The monoisotopic (exact) mass is 373 g/mol. The van der Waals surface area contributed by atoms with Crippen LogP contribution in [0.4, 0.5) is 5.69 Å². The van der Waals surface area contributed by atoms with Gasteiger partial charge in [0.15, 0.2) is 0 Å². The van der Waals surface area contributed by atoms with Gasteiger partial charge in [0, 0.05) is 5.02 Å². The summed E-state index contributed by atoms with van der Waals surface area (Å²) in [6, 6.07) is 15.1. The summed E-state index contributed by atoms with van der Waals surface area (Å²) < 4.78 is 0. The van der Waals surface area contributed by atoms with Crippen LogP contribution >= 0.6 is 23.2 Å². The fraction of sp³-hybridized carbons (Fsp3) is 0.300. The minimum Gasteiger partial charge on any atom is -0.274 e. The van der Waals surface area contributed by atoms with Crippen LogP contribution in [0, 0.1) is 11.8 Å². The third-order valence-electron chi connectivity index (χ3n) is 5.35. The zero-order valence-corrected chi connectivity index (χ0v) is 15.0. The van der Waals surface area contributed by atoms with Crippen molar-refractivity contribution in [3.63, 3.8) is 0 Å². The number of fused-ring (bicyclic) bond motifs is 1. The molecule has 1 aliphatic carbocycles. The van der Waals surface area contributed by atoms with E-state index >= 15 is 0 Å². The number of benzene rings is 2. The van der Waals surface area contributed by atoms with Gasteiger partial charge in [0.05, 0.1) is 22.5 Å². The van der Waals surface area contributed by atoms with Gasteiger partial charge in [-0.15, -0.1) is 0 Å². The highest BCUT2D eigenvalue weighted by Crippen LogP contribution is 2.46.